The number of aromatic nitrogens is 1. The molecule has 0 aliphatic heterocycles. The van der Waals surface area contributed by atoms with E-state index in [9.17, 15) is 13.2 Å². The lowest BCUT2D eigenvalue weighted by Gasteiger charge is -2.08. The Labute approximate surface area is 82.9 Å². The van der Waals surface area contributed by atoms with Gasteiger partial charge in [-0.15, -0.1) is 13.2 Å². The van der Waals surface area contributed by atoms with Gasteiger partial charge in [-0.3, -0.25) is 0 Å². The van der Waals surface area contributed by atoms with Crippen LogP contribution in [0.25, 0.3) is 0 Å². The molecule has 7 heteroatoms. The van der Waals surface area contributed by atoms with Crippen molar-refractivity contribution in [2.45, 2.75) is 6.36 Å². The maximum atomic E-state index is 11.8. The number of hydrogen-bond donors (Lipinski definition) is 0. The van der Waals surface area contributed by atoms with Crippen molar-refractivity contribution in [2.24, 2.45) is 0 Å². The molecule has 1 rings (SSSR count). The summed E-state index contributed by atoms with van der Waals surface area (Å²) in [5.41, 5.74) is -0.0771. The maximum Gasteiger partial charge on any atom is 0.574 e. The Balaban J connectivity index is 3.00. The summed E-state index contributed by atoms with van der Waals surface area (Å²) in [6.45, 7) is 0. The highest BCUT2D eigenvalue weighted by atomic mass is 19.4. The Bertz CT molecular complexity index is 398. The summed E-state index contributed by atoms with van der Waals surface area (Å²) < 4.78 is 43.6. The summed E-state index contributed by atoms with van der Waals surface area (Å²) in [6, 6.07) is 2.51. The Hall–Kier alpha value is -1.97. The van der Waals surface area contributed by atoms with Crippen molar-refractivity contribution in [3.63, 3.8) is 0 Å². The molecular formula is C8H5F3N2O2. The standard InChI is InChI=1S/C8H5F3N2O2/c1-14-6-4-13-7(2-5(6)3-12)15-8(9,10)11/h2,4H,1H3. The van der Waals surface area contributed by atoms with Crippen LogP contribution in [0.4, 0.5) is 13.2 Å². The fourth-order valence-electron chi connectivity index (χ4n) is 0.848. The number of nitriles is 1. The lowest BCUT2D eigenvalue weighted by Crippen LogP contribution is -2.18. The molecule has 0 saturated heterocycles. The van der Waals surface area contributed by atoms with Crippen LogP contribution < -0.4 is 9.47 Å². The lowest BCUT2D eigenvalue weighted by atomic mass is 10.3. The largest absolute Gasteiger partial charge is 0.574 e. The molecule has 0 aliphatic rings. The van der Waals surface area contributed by atoms with Gasteiger partial charge in [0.15, 0.2) is 5.75 Å². The third kappa shape index (κ3) is 3.02. The first kappa shape index (κ1) is 11.1. The zero-order valence-electron chi connectivity index (χ0n) is 7.50. The molecule has 0 N–H and O–H groups in total. The smallest absolute Gasteiger partial charge is 0.494 e. The average molecular weight is 218 g/mol. The van der Waals surface area contributed by atoms with Crippen LogP contribution >= 0.6 is 0 Å². The van der Waals surface area contributed by atoms with Crippen LogP contribution in [0.2, 0.25) is 0 Å². The third-order valence-corrected chi connectivity index (χ3v) is 1.40. The van der Waals surface area contributed by atoms with Gasteiger partial charge in [-0.1, -0.05) is 0 Å². The third-order valence-electron chi connectivity index (χ3n) is 1.40. The Kier molecular flexibility index (Phi) is 2.99. The summed E-state index contributed by atoms with van der Waals surface area (Å²) in [4.78, 5) is 3.33. The summed E-state index contributed by atoms with van der Waals surface area (Å²) in [5.74, 6) is -0.605. The molecule has 1 heterocycles. The van der Waals surface area contributed by atoms with Crippen LogP contribution in [0.1, 0.15) is 5.56 Å². The molecule has 0 fully saturated rings. The Morgan fingerprint density at radius 3 is 2.60 bits per heavy atom. The summed E-state index contributed by atoms with van der Waals surface area (Å²) >= 11 is 0. The van der Waals surface area contributed by atoms with Crippen LogP contribution in [0.5, 0.6) is 11.6 Å². The van der Waals surface area contributed by atoms with Crippen LogP contribution in [0.15, 0.2) is 12.3 Å². The first-order chi connectivity index (χ1) is 6.96. The molecule has 0 aliphatic carbocycles. The van der Waals surface area contributed by atoms with E-state index in [-0.39, 0.29) is 11.3 Å². The van der Waals surface area contributed by atoms with E-state index < -0.39 is 12.2 Å². The zero-order chi connectivity index (χ0) is 11.5. The molecule has 15 heavy (non-hydrogen) atoms. The van der Waals surface area contributed by atoms with E-state index in [0.29, 0.717) is 0 Å². The van der Waals surface area contributed by atoms with Gasteiger partial charge in [0, 0.05) is 6.07 Å². The van der Waals surface area contributed by atoms with Gasteiger partial charge in [0.05, 0.1) is 13.3 Å². The molecule has 0 bridgehead atoms. The monoisotopic (exact) mass is 218 g/mol. The Morgan fingerprint density at radius 1 is 1.47 bits per heavy atom. The van der Waals surface area contributed by atoms with Crippen LogP contribution in [-0.4, -0.2) is 18.5 Å². The minimum atomic E-state index is -4.83. The topological polar surface area (TPSA) is 55.1 Å². The second-order valence-electron chi connectivity index (χ2n) is 2.38. The van der Waals surface area contributed by atoms with Crippen molar-refractivity contribution in [3.05, 3.63) is 17.8 Å². The number of hydrogen-bond acceptors (Lipinski definition) is 4. The van der Waals surface area contributed by atoms with Gasteiger partial charge in [0.25, 0.3) is 0 Å². The fraction of sp³-hybridized carbons (Fsp3) is 0.250. The predicted molar refractivity (Wildman–Crippen MR) is 42.2 cm³/mol. The first-order valence-corrected chi connectivity index (χ1v) is 3.66. The van der Waals surface area contributed by atoms with Crippen molar-refractivity contribution >= 4 is 0 Å². The summed E-state index contributed by atoms with van der Waals surface area (Å²) in [6.07, 6.45) is -3.84. The molecule has 0 spiro atoms. The number of ether oxygens (including phenoxy) is 2. The highest BCUT2D eigenvalue weighted by Crippen LogP contribution is 2.25. The highest BCUT2D eigenvalue weighted by molar-refractivity contribution is 5.43. The maximum absolute atomic E-state index is 11.8. The lowest BCUT2D eigenvalue weighted by molar-refractivity contribution is -0.276. The van der Waals surface area contributed by atoms with E-state index in [4.69, 9.17) is 10.00 Å². The van der Waals surface area contributed by atoms with Crippen LogP contribution in [-0.2, 0) is 0 Å². The molecule has 0 saturated carbocycles. The van der Waals surface area contributed by atoms with E-state index in [1.807, 2.05) is 0 Å². The zero-order valence-corrected chi connectivity index (χ0v) is 7.50. The van der Waals surface area contributed by atoms with E-state index in [1.54, 1.807) is 6.07 Å². The number of rotatable bonds is 2. The van der Waals surface area contributed by atoms with Gasteiger partial charge in [-0.25, -0.2) is 4.98 Å². The highest BCUT2D eigenvalue weighted by Gasteiger charge is 2.32. The van der Waals surface area contributed by atoms with Crippen molar-refractivity contribution in [1.82, 2.24) is 4.98 Å². The van der Waals surface area contributed by atoms with Crippen molar-refractivity contribution in [2.75, 3.05) is 7.11 Å². The van der Waals surface area contributed by atoms with Gasteiger partial charge >= 0.3 is 6.36 Å². The normalized spacial score (nSPS) is 10.6. The van der Waals surface area contributed by atoms with E-state index >= 15 is 0 Å². The van der Waals surface area contributed by atoms with Crippen molar-refractivity contribution in [1.29, 1.82) is 5.26 Å². The number of nitrogens with zero attached hydrogens (tertiary/aromatic N) is 2. The van der Waals surface area contributed by atoms with Gasteiger partial charge < -0.3 is 9.47 Å². The van der Waals surface area contributed by atoms with Crippen LogP contribution in [0, 0.1) is 11.3 Å². The van der Waals surface area contributed by atoms with E-state index in [0.717, 1.165) is 12.3 Å². The summed E-state index contributed by atoms with van der Waals surface area (Å²) in [5, 5.41) is 8.58. The number of halogens is 3. The molecule has 4 nitrogen and oxygen atoms in total. The van der Waals surface area contributed by atoms with Gasteiger partial charge in [0.1, 0.15) is 11.6 Å². The molecule has 1 aromatic heterocycles. The molecule has 0 radical (unpaired) electrons. The average Bonchev–Trinajstić information content (AvgIpc) is 2.15. The first-order valence-electron chi connectivity index (χ1n) is 3.66. The molecule has 0 atom stereocenters. The molecule has 80 valence electrons. The van der Waals surface area contributed by atoms with Crippen molar-refractivity contribution in [3.8, 4) is 17.7 Å². The van der Waals surface area contributed by atoms with Gasteiger partial charge in [-0.05, 0) is 0 Å². The number of alkyl halides is 3. The molecule has 0 amide bonds. The van der Waals surface area contributed by atoms with E-state index in [1.165, 1.54) is 7.11 Å². The van der Waals surface area contributed by atoms with Crippen LogP contribution in [0.3, 0.4) is 0 Å². The number of pyridine rings is 1. The van der Waals surface area contributed by atoms with Gasteiger partial charge in [-0.2, -0.15) is 5.26 Å². The number of methoxy groups -OCH3 is 1. The van der Waals surface area contributed by atoms with Crippen molar-refractivity contribution < 1.29 is 22.6 Å². The minimum Gasteiger partial charge on any atom is -0.494 e. The molecule has 1 aromatic rings. The minimum absolute atomic E-state index is 0.0771. The summed E-state index contributed by atoms with van der Waals surface area (Å²) in [7, 11) is 1.28. The second kappa shape index (κ2) is 4.04. The quantitative estimate of drug-likeness (QED) is 0.760. The molecular weight excluding hydrogens is 213 g/mol. The molecule has 0 aromatic carbocycles. The predicted octanol–water partition coefficient (Wildman–Crippen LogP) is 1.86. The van der Waals surface area contributed by atoms with Gasteiger partial charge in [0.2, 0.25) is 5.88 Å². The molecule has 0 unspecified atom stereocenters. The fourth-order valence-corrected chi connectivity index (χ4v) is 0.848. The Morgan fingerprint density at radius 2 is 2.13 bits per heavy atom. The SMILES string of the molecule is COc1cnc(OC(F)(F)F)cc1C#N. The second-order valence-corrected chi connectivity index (χ2v) is 2.38. The van der Waals surface area contributed by atoms with E-state index in [2.05, 4.69) is 9.72 Å².